The summed E-state index contributed by atoms with van der Waals surface area (Å²) in [5.74, 6) is -1.08. The molecule has 0 heterocycles. The number of nitrogens with two attached hydrogens (primary N) is 1. The van der Waals surface area contributed by atoms with Gasteiger partial charge in [-0.1, -0.05) is 17.7 Å². The molecule has 0 aliphatic carbocycles. The SMILES string of the molecule is Nc1cc(F)cc(COc2c(F)cccc2Cl)c1. The molecule has 94 valence electrons. The minimum atomic E-state index is -0.563. The van der Waals surface area contributed by atoms with Crippen molar-refractivity contribution in [2.75, 3.05) is 5.73 Å². The van der Waals surface area contributed by atoms with Crippen LogP contribution in [-0.4, -0.2) is 0 Å². The molecule has 2 aromatic carbocycles. The van der Waals surface area contributed by atoms with E-state index in [1.807, 2.05) is 0 Å². The summed E-state index contributed by atoms with van der Waals surface area (Å²) in [6.45, 7) is -0.0113. The summed E-state index contributed by atoms with van der Waals surface area (Å²) in [6, 6.07) is 8.24. The number of halogens is 3. The van der Waals surface area contributed by atoms with Crippen molar-refractivity contribution in [3.05, 3.63) is 58.6 Å². The van der Waals surface area contributed by atoms with Crippen molar-refractivity contribution in [3.8, 4) is 5.75 Å². The zero-order valence-electron chi connectivity index (χ0n) is 9.29. The van der Waals surface area contributed by atoms with Gasteiger partial charge in [-0.15, -0.1) is 0 Å². The molecule has 2 N–H and O–H groups in total. The van der Waals surface area contributed by atoms with Crippen LogP contribution < -0.4 is 10.5 Å². The highest BCUT2D eigenvalue weighted by Crippen LogP contribution is 2.28. The predicted molar refractivity (Wildman–Crippen MR) is 66.6 cm³/mol. The first-order valence-corrected chi connectivity index (χ1v) is 5.56. The number of para-hydroxylation sites is 1. The molecular weight excluding hydrogens is 260 g/mol. The maximum absolute atomic E-state index is 13.4. The number of anilines is 1. The number of benzene rings is 2. The van der Waals surface area contributed by atoms with E-state index in [1.54, 1.807) is 6.07 Å². The molecule has 2 aromatic rings. The molecule has 0 radical (unpaired) electrons. The van der Waals surface area contributed by atoms with Crippen molar-refractivity contribution in [1.82, 2.24) is 0 Å². The van der Waals surface area contributed by atoms with Gasteiger partial charge < -0.3 is 10.5 Å². The van der Waals surface area contributed by atoms with Gasteiger partial charge in [0.25, 0.3) is 0 Å². The lowest BCUT2D eigenvalue weighted by atomic mass is 10.2. The quantitative estimate of drug-likeness (QED) is 0.861. The van der Waals surface area contributed by atoms with Crippen LogP contribution in [0.4, 0.5) is 14.5 Å². The van der Waals surface area contributed by atoms with Crippen LogP contribution in [0.25, 0.3) is 0 Å². The smallest absolute Gasteiger partial charge is 0.174 e. The van der Waals surface area contributed by atoms with E-state index in [9.17, 15) is 8.78 Å². The van der Waals surface area contributed by atoms with E-state index in [4.69, 9.17) is 22.1 Å². The Labute approximate surface area is 108 Å². The molecule has 0 atom stereocenters. The largest absolute Gasteiger partial charge is 0.484 e. The Morgan fingerprint density at radius 3 is 2.61 bits per heavy atom. The van der Waals surface area contributed by atoms with Gasteiger partial charge >= 0.3 is 0 Å². The second kappa shape index (κ2) is 5.23. The average Bonchev–Trinajstić information content (AvgIpc) is 2.27. The first-order valence-electron chi connectivity index (χ1n) is 5.18. The summed E-state index contributed by atoms with van der Waals surface area (Å²) >= 11 is 5.79. The molecule has 0 saturated heterocycles. The normalized spacial score (nSPS) is 10.4. The Balaban J connectivity index is 2.16. The van der Waals surface area contributed by atoms with Crippen LogP contribution in [0.2, 0.25) is 5.02 Å². The van der Waals surface area contributed by atoms with Gasteiger partial charge in [0.2, 0.25) is 0 Å². The summed E-state index contributed by atoms with van der Waals surface area (Å²) in [5.41, 5.74) is 6.28. The predicted octanol–water partition coefficient (Wildman–Crippen LogP) is 3.78. The van der Waals surface area contributed by atoms with Crippen LogP contribution in [0, 0.1) is 11.6 Å². The molecule has 0 aliphatic heterocycles. The highest BCUT2D eigenvalue weighted by molar-refractivity contribution is 6.32. The van der Waals surface area contributed by atoms with E-state index in [0.717, 1.165) is 0 Å². The number of ether oxygens (including phenoxy) is 1. The zero-order chi connectivity index (χ0) is 13.1. The molecule has 0 bridgehead atoms. The minimum absolute atomic E-state index is 0.0113. The van der Waals surface area contributed by atoms with Gasteiger partial charge in [0.1, 0.15) is 12.4 Å². The molecule has 2 rings (SSSR count). The lowest BCUT2D eigenvalue weighted by molar-refractivity contribution is 0.290. The number of nitrogen functional groups attached to an aromatic ring is 1. The fourth-order valence-corrected chi connectivity index (χ4v) is 1.75. The summed E-state index contributed by atoms with van der Waals surface area (Å²) in [4.78, 5) is 0. The lowest BCUT2D eigenvalue weighted by Gasteiger charge is -2.09. The highest BCUT2D eigenvalue weighted by atomic mass is 35.5. The first-order chi connectivity index (χ1) is 8.56. The van der Waals surface area contributed by atoms with Gasteiger partial charge in [-0.2, -0.15) is 0 Å². The molecule has 0 saturated carbocycles. The van der Waals surface area contributed by atoms with Gasteiger partial charge in [0.15, 0.2) is 11.6 Å². The van der Waals surface area contributed by atoms with Gasteiger partial charge in [-0.05, 0) is 35.9 Å². The van der Waals surface area contributed by atoms with Crippen molar-refractivity contribution < 1.29 is 13.5 Å². The fraction of sp³-hybridized carbons (Fsp3) is 0.0769. The maximum atomic E-state index is 13.4. The summed E-state index contributed by atoms with van der Waals surface area (Å²) < 4.78 is 31.7. The third-order valence-corrected chi connectivity index (χ3v) is 2.58. The fourth-order valence-electron chi connectivity index (χ4n) is 1.53. The molecule has 2 nitrogen and oxygen atoms in total. The molecule has 0 fully saturated rings. The van der Waals surface area contributed by atoms with E-state index in [0.29, 0.717) is 5.56 Å². The van der Waals surface area contributed by atoms with Crippen LogP contribution in [0.5, 0.6) is 5.75 Å². The maximum Gasteiger partial charge on any atom is 0.174 e. The van der Waals surface area contributed by atoms with Crippen LogP contribution >= 0.6 is 11.6 Å². The molecule has 0 unspecified atom stereocenters. The van der Waals surface area contributed by atoms with Crippen molar-refractivity contribution in [2.45, 2.75) is 6.61 Å². The molecule has 5 heteroatoms. The molecule has 0 aliphatic rings. The van der Waals surface area contributed by atoms with Crippen LogP contribution in [0.15, 0.2) is 36.4 Å². The monoisotopic (exact) mass is 269 g/mol. The highest BCUT2D eigenvalue weighted by Gasteiger charge is 2.08. The standard InChI is InChI=1S/C13H10ClF2NO/c14-11-2-1-3-12(16)13(11)18-7-8-4-9(15)6-10(17)5-8/h1-6H,7,17H2. The van der Waals surface area contributed by atoms with Gasteiger partial charge in [0.05, 0.1) is 5.02 Å². The van der Waals surface area contributed by atoms with E-state index in [-0.39, 0.29) is 23.1 Å². The molecule has 0 aromatic heterocycles. The van der Waals surface area contributed by atoms with E-state index in [1.165, 1.54) is 30.3 Å². The first kappa shape index (κ1) is 12.6. The van der Waals surface area contributed by atoms with E-state index < -0.39 is 11.6 Å². The number of rotatable bonds is 3. The molecule has 0 amide bonds. The van der Waals surface area contributed by atoms with Crippen molar-refractivity contribution in [3.63, 3.8) is 0 Å². The summed E-state index contributed by atoms with van der Waals surface area (Å²) in [7, 11) is 0. The summed E-state index contributed by atoms with van der Waals surface area (Å²) in [6.07, 6.45) is 0. The lowest BCUT2D eigenvalue weighted by Crippen LogP contribution is -2.00. The van der Waals surface area contributed by atoms with Crippen molar-refractivity contribution in [2.24, 2.45) is 0 Å². The summed E-state index contributed by atoms with van der Waals surface area (Å²) in [5, 5.41) is 0.166. The Bertz CT molecular complexity index is 534. The van der Waals surface area contributed by atoms with E-state index in [2.05, 4.69) is 0 Å². The van der Waals surface area contributed by atoms with Gasteiger partial charge in [-0.25, -0.2) is 8.78 Å². The average molecular weight is 270 g/mol. The molecule has 0 spiro atoms. The number of hydrogen-bond acceptors (Lipinski definition) is 2. The Hall–Kier alpha value is -1.81. The van der Waals surface area contributed by atoms with Crippen molar-refractivity contribution in [1.29, 1.82) is 0 Å². The zero-order valence-corrected chi connectivity index (χ0v) is 10.0. The molecule has 18 heavy (non-hydrogen) atoms. The van der Waals surface area contributed by atoms with Crippen LogP contribution in [0.1, 0.15) is 5.56 Å². The third kappa shape index (κ3) is 2.90. The van der Waals surface area contributed by atoms with Gasteiger partial charge in [0, 0.05) is 5.69 Å². The van der Waals surface area contributed by atoms with Gasteiger partial charge in [-0.3, -0.25) is 0 Å². The van der Waals surface area contributed by atoms with E-state index >= 15 is 0 Å². The third-order valence-electron chi connectivity index (χ3n) is 2.28. The topological polar surface area (TPSA) is 35.2 Å². The second-order valence-corrected chi connectivity index (χ2v) is 4.14. The number of hydrogen-bond donors (Lipinski definition) is 1. The Morgan fingerprint density at radius 2 is 1.94 bits per heavy atom. The minimum Gasteiger partial charge on any atom is -0.484 e. The molecular formula is C13H10ClF2NO. The van der Waals surface area contributed by atoms with Crippen LogP contribution in [-0.2, 0) is 6.61 Å². The Morgan fingerprint density at radius 1 is 1.17 bits per heavy atom. The second-order valence-electron chi connectivity index (χ2n) is 3.73. The Kier molecular flexibility index (Phi) is 3.67. The van der Waals surface area contributed by atoms with Crippen LogP contribution in [0.3, 0.4) is 0 Å². The van der Waals surface area contributed by atoms with Crippen molar-refractivity contribution >= 4 is 17.3 Å².